The molecule has 0 nitrogen and oxygen atoms in total. The molecule has 0 radical (unpaired) electrons. The van der Waals surface area contributed by atoms with E-state index in [-0.39, 0.29) is 30.2 Å². The summed E-state index contributed by atoms with van der Waals surface area (Å²) in [6, 6.07) is 6.69. The number of hydrogen-bond donors (Lipinski definition) is 0. The third-order valence-corrected chi connectivity index (χ3v) is 3.81. The van der Waals surface area contributed by atoms with Crippen LogP contribution in [0.1, 0.15) is 51.2 Å². The van der Waals surface area contributed by atoms with Gasteiger partial charge < -0.3 is 24.8 Å². The fourth-order valence-electron chi connectivity index (χ4n) is 2.52. The summed E-state index contributed by atoms with van der Waals surface area (Å²) in [5.74, 6) is 0. The Morgan fingerprint density at radius 2 is 1.71 bits per heavy atom. The van der Waals surface area contributed by atoms with E-state index in [9.17, 15) is 0 Å². The number of halogens is 2. The quantitative estimate of drug-likeness (QED) is 0.372. The number of fused-ring (bicyclic) bond motifs is 1. The molecule has 0 saturated heterocycles. The predicted molar refractivity (Wildman–Crippen MR) is 96.1 cm³/mol. The summed E-state index contributed by atoms with van der Waals surface area (Å²) in [6.07, 6.45) is 13.8. The van der Waals surface area contributed by atoms with Gasteiger partial charge in [0.05, 0.1) is 0 Å². The normalized spacial score (nSPS) is 14.5. The average molecular weight is 461 g/mol. The summed E-state index contributed by atoms with van der Waals surface area (Å²) < 4.78 is 0. The summed E-state index contributed by atoms with van der Waals surface area (Å²) in [6.45, 7) is 11.3. The second-order valence-corrected chi connectivity index (χ2v) is 16.6. The molecular formula is C20H30Cl2SiZr-2. The SMILES string of the molecule is CC(C)(C)C1=CC=[C-]C1.C[Si](C)=[Zr+2].[Cl-].[Cl-].c1cc2c([cH-]1)CCCC2. The smallest absolute Gasteiger partial charge is 0.0512 e. The van der Waals surface area contributed by atoms with Gasteiger partial charge in [-0.2, -0.15) is 28.8 Å². The Morgan fingerprint density at radius 1 is 1.12 bits per heavy atom. The van der Waals surface area contributed by atoms with Crippen molar-refractivity contribution < 1.29 is 48.1 Å². The molecule has 24 heavy (non-hydrogen) atoms. The van der Waals surface area contributed by atoms with E-state index in [1.807, 2.05) is 6.08 Å². The fraction of sp³-hybridized carbons (Fsp3) is 0.550. The van der Waals surface area contributed by atoms with Gasteiger partial charge in [-0.3, -0.25) is 6.08 Å². The molecule has 2 aliphatic rings. The summed E-state index contributed by atoms with van der Waals surface area (Å²) >= 11 is 1.74. The maximum atomic E-state index is 3.16. The van der Waals surface area contributed by atoms with E-state index in [0.717, 1.165) is 6.42 Å². The molecule has 0 N–H and O–H groups in total. The van der Waals surface area contributed by atoms with E-state index in [1.54, 1.807) is 34.5 Å². The van der Waals surface area contributed by atoms with Gasteiger partial charge in [-0.15, -0.1) is 6.42 Å². The Balaban J connectivity index is 0. The van der Waals surface area contributed by atoms with Gasteiger partial charge in [0.2, 0.25) is 0 Å². The Kier molecular flexibility index (Phi) is 15.2. The molecule has 3 rings (SSSR count). The van der Waals surface area contributed by atoms with Gasteiger partial charge in [0.25, 0.3) is 0 Å². The maximum absolute atomic E-state index is 3.16. The third-order valence-electron chi connectivity index (χ3n) is 3.81. The monoisotopic (exact) mass is 458 g/mol. The number of rotatable bonds is 0. The van der Waals surface area contributed by atoms with Crippen LogP contribution in [-0.2, 0) is 36.2 Å². The van der Waals surface area contributed by atoms with Crippen LogP contribution >= 0.6 is 0 Å². The molecular weight excluding hydrogens is 430 g/mol. The van der Waals surface area contributed by atoms with Crippen LogP contribution < -0.4 is 24.8 Å². The molecule has 0 atom stereocenters. The molecule has 134 valence electrons. The van der Waals surface area contributed by atoms with Crippen molar-refractivity contribution in [2.75, 3.05) is 0 Å². The molecule has 0 heterocycles. The van der Waals surface area contributed by atoms with Crippen molar-refractivity contribution >= 4 is 5.43 Å². The minimum Gasteiger partial charge on any atom is -1.00 e. The van der Waals surface area contributed by atoms with Gasteiger partial charge in [-0.25, -0.2) is 18.2 Å². The molecule has 0 bridgehead atoms. The molecule has 0 aliphatic heterocycles. The molecule has 0 saturated carbocycles. The number of hydrogen-bond acceptors (Lipinski definition) is 0. The van der Waals surface area contributed by atoms with E-state index in [1.165, 1.54) is 31.3 Å². The largest absolute Gasteiger partial charge is 1.00 e. The minimum absolute atomic E-state index is 0. The van der Waals surface area contributed by atoms with Crippen LogP contribution in [0.4, 0.5) is 0 Å². The van der Waals surface area contributed by atoms with Crippen molar-refractivity contribution in [1.82, 2.24) is 0 Å². The fourth-order valence-corrected chi connectivity index (χ4v) is 2.52. The Hall–Kier alpha value is 0.510. The van der Waals surface area contributed by atoms with Crippen LogP contribution in [0, 0.1) is 11.5 Å². The molecule has 0 fully saturated rings. The summed E-state index contributed by atoms with van der Waals surface area (Å²) in [4.78, 5) is 0. The Labute approximate surface area is 177 Å². The van der Waals surface area contributed by atoms with Gasteiger partial charge in [-0.1, -0.05) is 46.5 Å². The van der Waals surface area contributed by atoms with E-state index < -0.39 is 0 Å². The van der Waals surface area contributed by atoms with Crippen molar-refractivity contribution in [1.29, 1.82) is 0 Å². The Morgan fingerprint density at radius 3 is 2.12 bits per heavy atom. The first-order chi connectivity index (χ1) is 10.3. The van der Waals surface area contributed by atoms with Crippen LogP contribution in [-0.4, -0.2) is 5.43 Å². The van der Waals surface area contributed by atoms with Gasteiger partial charge in [0.1, 0.15) is 0 Å². The second-order valence-electron chi connectivity index (χ2n) is 7.27. The van der Waals surface area contributed by atoms with Crippen molar-refractivity contribution in [2.24, 2.45) is 5.41 Å². The van der Waals surface area contributed by atoms with E-state index in [4.69, 9.17) is 0 Å². The van der Waals surface area contributed by atoms with Crippen molar-refractivity contribution in [2.45, 2.75) is 66.0 Å². The van der Waals surface area contributed by atoms with Crippen LogP contribution in [0.5, 0.6) is 0 Å². The number of allylic oxidation sites excluding steroid dienone is 4. The Bertz CT molecular complexity index is 512. The van der Waals surface area contributed by atoms with E-state index in [2.05, 4.69) is 64.2 Å². The van der Waals surface area contributed by atoms with Gasteiger partial charge in [-0.05, 0) is 5.41 Å². The van der Waals surface area contributed by atoms with Crippen molar-refractivity contribution in [3.63, 3.8) is 0 Å². The van der Waals surface area contributed by atoms with E-state index in [0.29, 0.717) is 5.41 Å². The first kappa shape index (κ1) is 26.7. The van der Waals surface area contributed by atoms with Crippen molar-refractivity contribution in [3.8, 4) is 0 Å². The van der Waals surface area contributed by atoms with E-state index >= 15 is 0 Å². The maximum Gasteiger partial charge on any atom is -0.0512 e. The summed E-state index contributed by atoms with van der Waals surface area (Å²) in [7, 11) is 0. The first-order valence-electron chi connectivity index (χ1n) is 8.32. The molecule has 0 aromatic heterocycles. The first-order valence-corrected chi connectivity index (χ1v) is 14.5. The van der Waals surface area contributed by atoms with Crippen LogP contribution in [0.15, 0.2) is 35.9 Å². The van der Waals surface area contributed by atoms with Gasteiger partial charge in [0.15, 0.2) is 0 Å². The topological polar surface area (TPSA) is 0 Å². The van der Waals surface area contributed by atoms with Crippen LogP contribution in [0.3, 0.4) is 0 Å². The minimum atomic E-state index is 0. The van der Waals surface area contributed by atoms with Gasteiger partial charge in [0, 0.05) is 0 Å². The summed E-state index contributed by atoms with van der Waals surface area (Å²) in [5, 5.41) is 0. The molecule has 0 spiro atoms. The van der Waals surface area contributed by atoms with Gasteiger partial charge >= 0.3 is 41.9 Å². The number of aryl methyl sites for hydroxylation is 2. The molecule has 4 heteroatoms. The summed E-state index contributed by atoms with van der Waals surface area (Å²) in [5.41, 5.74) is 5.24. The zero-order chi connectivity index (χ0) is 16.6. The average Bonchev–Trinajstić information content (AvgIpc) is 3.10. The third kappa shape index (κ3) is 11.2. The molecule has 1 aromatic carbocycles. The standard InChI is InChI=1S/C9H11.C9H13.C2H6Si.2ClH.Zr/c1-2-5-9-7-3-6-8(9)4-1;1-9(2,3)8-6-4-5-7-8;1-3-2;;;/h3,6-7H,1-2,4-5H2;4,6H,7H2,1-3H3;1-2H3;2*1H;/q2*-1;;;;+2/p-2. The zero-order valence-corrected chi connectivity index (χ0v) is 20.6. The predicted octanol–water partition coefficient (Wildman–Crippen LogP) is -0.201. The van der Waals surface area contributed by atoms with Crippen LogP contribution in [0.2, 0.25) is 13.1 Å². The molecule has 2 aliphatic carbocycles. The van der Waals surface area contributed by atoms with Crippen molar-refractivity contribution in [3.05, 3.63) is 53.1 Å². The van der Waals surface area contributed by atoms with Crippen LogP contribution in [0.25, 0.3) is 0 Å². The zero-order valence-electron chi connectivity index (χ0n) is 15.7. The molecule has 0 unspecified atom stereocenters. The second kappa shape index (κ2) is 13.7. The molecule has 0 amide bonds. The molecule has 1 aromatic rings.